The third kappa shape index (κ3) is 3.38. The summed E-state index contributed by atoms with van der Waals surface area (Å²) >= 11 is 5.30. The first kappa shape index (κ1) is 15.9. The van der Waals surface area contributed by atoms with E-state index in [2.05, 4.69) is 43.8 Å². The molecule has 0 bridgehead atoms. The summed E-state index contributed by atoms with van der Waals surface area (Å²) in [5, 5.41) is 3.15. The molecule has 0 heterocycles. The second kappa shape index (κ2) is 6.95. The molecule has 0 aliphatic carbocycles. The van der Waals surface area contributed by atoms with Gasteiger partial charge in [0.25, 0.3) is 0 Å². The predicted molar refractivity (Wildman–Crippen MR) is 88.7 cm³/mol. The van der Waals surface area contributed by atoms with Gasteiger partial charge in [0.2, 0.25) is 0 Å². The van der Waals surface area contributed by atoms with E-state index >= 15 is 0 Å². The molecule has 1 nitrogen and oxygen atoms in total. The van der Waals surface area contributed by atoms with Crippen molar-refractivity contribution in [2.24, 2.45) is 0 Å². The summed E-state index contributed by atoms with van der Waals surface area (Å²) in [4.78, 5) is 0. The molecule has 2 aromatic rings. The lowest BCUT2D eigenvalue weighted by atomic mass is 9.97. The van der Waals surface area contributed by atoms with Gasteiger partial charge in [0.05, 0.1) is 10.5 Å². The third-order valence-electron chi connectivity index (χ3n) is 2.96. The maximum absolute atomic E-state index is 14.3. The van der Waals surface area contributed by atoms with Crippen molar-refractivity contribution in [1.82, 2.24) is 5.32 Å². The molecule has 0 aromatic heterocycles. The number of hydrogen-bond acceptors (Lipinski definition) is 1. The highest BCUT2D eigenvalue weighted by Crippen LogP contribution is 2.31. The van der Waals surface area contributed by atoms with Crippen molar-refractivity contribution < 1.29 is 8.78 Å². The number of rotatable bonds is 4. The third-order valence-corrected chi connectivity index (χ3v) is 4.24. The number of halogens is 4. The lowest BCUT2D eigenvalue weighted by molar-refractivity contribution is 0.507. The van der Waals surface area contributed by atoms with Gasteiger partial charge in [-0.3, -0.25) is 0 Å². The van der Waals surface area contributed by atoms with Crippen molar-refractivity contribution in [3.63, 3.8) is 0 Å². The fourth-order valence-corrected chi connectivity index (χ4v) is 3.00. The topological polar surface area (TPSA) is 12.0 Å². The molecule has 0 fully saturated rings. The molecule has 20 heavy (non-hydrogen) atoms. The van der Waals surface area contributed by atoms with E-state index in [1.54, 1.807) is 0 Å². The molecule has 0 spiro atoms. The van der Waals surface area contributed by atoms with Crippen LogP contribution in [0, 0.1) is 15.2 Å². The molecule has 0 radical (unpaired) electrons. The Balaban J connectivity index is 2.57. The van der Waals surface area contributed by atoms with E-state index in [1.807, 2.05) is 31.2 Å². The van der Waals surface area contributed by atoms with Crippen LogP contribution < -0.4 is 5.32 Å². The molecule has 0 aliphatic heterocycles. The molecule has 0 aliphatic rings. The molecule has 0 saturated carbocycles. The van der Waals surface area contributed by atoms with Crippen LogP contribution >= 0.6 is 38.5 Å². The number of hydrogen-bond donors (Lipinski definition) is 1. The van der Waals surface area contributed by atoms with E-state index in [9.17, 15) is 8.78 Å². The van der Waals surface area contributed by atoms with Crippen LogP contribution in [0.3, 0.4) is 0 Å². The highest BCUT2D eigenvalue weighted by Gasteiger charge is 2.23. The summed E-state index contributed by atoms with van der Waals surface area (Å²) in [5.41, 5.74) is 0.887. The first-order chi connectivity index (χ1) is 9.54. The van der Waals surface area contributed by atoms with Gasteiger partial charge in [-0.25, -0.2) is 8.78 Å². The Kier molecular flexibility index (Phi) is 5.51. The molecule has 0 saturated heterocycles. The van der Waals surface area contributed by atoms with E-state index in [4.69, 9.17) is 0 Å². The molecular weight excluding hydrogens is 439 g/mol. The summed E-state index contributed by atoms with van der Waals surface area (Å²) in [5.74, 6) is -1.11. The molecule has 1 unspecified atom stereocenters. The highest BCUT2D eigenvalue weighted by atomic mass is 127. The van der Waals surface area contributed by atoms with E-state index < -0.39 is 17.7 Å². The Bertz CT molecular complexity index is 619. The molecular formula is C15H13BrF2IN. The number of nitrogens with one attached hydrogen (secondary N) is 1. The van der Waals surface area contributed by atoms with Gasteiger partial charge in [-0.05, 0) is 74.9 Å². The zero-order valence-electron chi connectivity index (χ0n) is 10.8. The maximum Gasteiger partial charge on any atom is 0.145 e. The van der Waals surface area contributed by atoms with Crippen LogP contribution in [0.4, 0.5) is 8.78 Å². The van der Waals surface area contributed by atoms with Crippen molar-refractivity contribution in [2.45, 2.75) is 13.0 Å². The van der Waals surface area contributed by atoms with Crippen LogP contribution in [0.2, 0.25) is 0 Å². The van der Waals surface area contributed by atoms with E-state index in [0.29, 0.717) is 6.54 Å². The largest absolute Gasteiger partial charge is 0.306 e. The second-order valence-corrected chi connectivity index (χ2v) is 6.40. The Morgan fingerprint density at radius 2 is 2.00 bits per heavy atom. The monoisotopic (exact) mass is 451 g/mol. The Labute approximate surface area is 139 Å². The van der Waals surface area contributed by atoms with Gasteiger partial charge in [0, 0.05) is 9.13 Å². The smallest absolute Gasteiger partial charge is 0.145 e. The van der Waals surface area contributed by atoms with Crippen LogP contribution in [0.25, 0.3) is 0 Å². The number of benzene rings is 2. The predicted octanol–water partition coefficient (Wildman–Crippen LogP) is 5.03. The van der Waals surface area contributed by atoms with E-state index in [-0.39, 0.29) is 10.0 Å². The molecule has 1 atom stereocenters. The Hall–Kier alpha value is -0.530. The zero-order valence-corrected chi connectivity index (χ0v) is 14.5. The van der Waals surface area contributed by atoms with Gasteiger partial charge in [0.15, 0.2) is 0 Å². The molecule has 106 valence electrons. The standard InChI is InChI=1S/C15H13BrF2IN/c1-2-20-15(9-4-3-5-10(19)8-9)13-12(17)7-6-11(16)14(13)18/h3-8,15,20H,2H2,1H3. The molecule has 2 rings (SSSR count). The van der Waals surface area contributed by atoms with Crippen LogP contribution in [0.15, 0.2) is 40.9 Å². The minimum atomic E-state index is -0.560. The minimum absolute atomic E-state index is 0.0447. The van der Waals surface area contributed by atoms with Crippen molar-refractivity contribution in [3.8, 4) is 0 Å². The van der Waals surface area contributed by atoms with Crippen molar-refractivity contribution >= 4 is 38.5 Å². The van der Waals surface area contributed by atoms with Crippen molar-refractivity contribution in [3.05, 3.63) is 67.2 Å². The molecule has 5 heteroatoms. The first-order valence-corrected chi connectivity index (χ1v) is 8.04. The summed E-state index contributed by atoms with van der Waals surface area (Å²) in [6, 6.07) is 9.78. The average molecular weight is 452 g/mol. The molecule has 1 N–H and O–H groups in total. The first-order valence-electron chi connectivity index (χ1n) is 6.16. The van der Waals surface area contributed by atoms with Crippen LogP contribution in [-0.4, -0.2) is 6.54 Å². The SMILES string of the molecule is CCNC(c1cccc(I)c1)c1c(F)ccc(Br)c1F. The van der Waals surface area contributed by atoms with E-state index in [0.717, 1.165) is 9.13 Å². The van der Waals surface area contributed by atoms with Crippen LogP contribution in [0.5, 0.6) is 0 Å². The second-order valence-electron chi connectivity index (χ2n) is 4.30. The van der Waals surface area contributed by atoms with Gasteiger partial charge in [0.1, 0.15) is 11.6 Å². The normalized spacial score (nSPS) is 12.4. The summed E-state index contributed by atoms with van der Waals surface area (Å²) in [7, 11) is 0. The van der Waals surface area contributed by atoms with E-state index in [1.165, 1.54) is 12.1 Å². The summed E-state index contributed by atoms with van der Waals surface area (Å²) in [6.07, 6.45) is 0. The van der Waals surface area contributed by atoms with Gasteiger partial charge in [-0.2, -0.15) is 0 Å². The van der Waals surface area contributed by atoms with Gasteiger partial charge in [-0.1, -0.05) is 19.1 Å². The Morgan fingerprint density at radius 3 is 2.65 bits per heavy atom. The van der Waals surface area contributed by atoms with Gasteiger partial charge < -0.3 is 5.32 Å². The average Bonchev–Trinajstić information content (AvgIpc) is 2.42. The van der Waals surface area contributed by atoms with Crippen molar-refractivity contribution in [1.29, 1.82) is 0 Å². The van der Waals surface area contributed by atoms with Gasteiger partial charge >= 0.3 is 0 Å². The Morgan fingerprint density at radius 1 is 1.25 bits per heavy atom. The van der Waals surface area contributed by atoms with Crippen molar-refractivity contribution in [2.75, 3.05) is 6.54 Å². The van der Waals surface area contributed by atoms with Crippen LogP contribution in [0.1, 0.15) is 24.1 Å². The zero-order chi connectivity index (χ0) is 14.7. The fraction of sp³-hybridized carbons (Fsp3) is 0.200. The summed E-state index contributed by atoms with van der Waals surface area (Å²) < 4.78 is 29.7. The lowest BCUT2D eigenvalue weighted by Gasteiger charge is -2.21. The fourth-order valence-electron chi connectivity index (χ4n) is 2.08. The molecule has 0 amide bonds. The lowest BCUT2D eigenvalue weighted by Crippen LogP contribution is -2.24. The summed E-state index contributed by atoms with van der Waals surface area (Å²) in [6.45, 7) is 2.52. The van der Waals surface area contributed by atoms with Gasteiger partial charge in [-0.15, -0.1) is 0 Å². The quantitative estimate of drug-likeness (QED) is 0.507. The van der Waals surface area contributed by atoms with Crippen LogP contribution in [-0.2, 0) is 0 Å². The maximum atomic E-state index is 14.3. The molecule has 2 aromatic carbocycles. The minimum Gasteiger partial charge on any atom is -0.306 e. The highest BCUT2D eigenvalue weighted by molar-refractivity contribution is 14.1.